The number of benzene rings is 2. The number of ether oxygens (including phenoxy) is 2. The molecule has 0 radical (unpaired) electrons. The molecule has 1 unspecified atom stereocenters. The minimum Gasteiger partial charge on any atom is -0.489 e. The van der Waals surface area contributed by atoms with E-state index < -0.39 is 17.7 Å². The Morgan fingerprint density at radius 1 is 1.24 bits per heavy atom. The van der Waals surface area contributed by atoms with Crippen LogP contribution in [-0.4, -0.2) is 42.2 Å². The number of halogens is 4. The topological polar surface area (TPSA) is 59.0 Å². The second kappa shape index (κ2) is 10.1. The fourth-order valence-electron chi connectivity index (χ4n) is 4.08. The number of hydrogen-bond acceptors (Lipinski definition) is 4. The van der Waals surface area contributed by atoms with Gasteiger partial charge in [-0.05, 0) is 49.7 Å². The summed E-state index contributed by atoms with van der Waals surface area (Å²) < 4.78 is 51.4. The molecule has 0 amide bonds. The largest absolute Gasteiger partial charge is 0.489 e. The maximum atomic E-state index is 13.3. The maximum Gasteiger partial charge on any atom is 0.416 e. The van der Waals surface area contributed by atoms with Gasteiger partial charge < -0.3 is 14.6 Å². The Kier molecular flexibility index (Phi) is 7.59. The van der Waals surface area contributed by atoms with Gasteiger partial charge in [0.1, 0.15) is 24.7 Å². The van der Waals surface area contributed by atoms with E-state index in [-0.39, 0.29) is 30.5 Å². The highest BCUT2D eigenvalue weighted by Gasteiger charge is 2.33. The molecule has 0 saturated carbocycles. The van der Waals surface area contributed by atoms with Crippen molar-refractivity contribution in [2.45, 2.75) is 26.1 Å². The normalized spacial score (nSPS) is 18.1. The lowest BCUT2D eigenvalue weighted by Gasteiger charge is -2.23. The Bertz CT molecular complexity index is 1050. The zero-order valence-electron chi connectivity index (χ0n) is 18.0. The molecule has 2 aromatic carbocycles. The van der Waals surface area contributed by atoms with Gasteiger partial charge in [-0.1, -0.05) is 17.7 Å². The molecule has 0 aromatic heterocycles. The summed E-state index contributed by atoms with van der Waals surface area (Å²) >= 11 is 0. The highest BCUT2D eigenvalue weighted by Crippen LogP contribution is 2.35. The smallest absolute Gasteiger partial charge is 0.416 e. The van der Waals surface area contributed by atoms with E-state index in [1.165, 1.54) is 6.07 Å². The fraction of sp³-hybridized carbons (Fsp3) is 0.375. The Labute approximate surface area is 196 Å². The molecular formula is C24H25ClF3NO4. The summed E-state index contributed by atoms with van der Waals surface area (Å²) in [6.45, 7) is 3.72. The van der Waals surface area contributed by atoms with Gasteiger partial charge in [0.15, 0.2) is 0 Å². The fourth-order valence-corrected chi connectivity index (χ4v) is 4.08. The molecule has 2 aliphatic rings. The van der Waals surface area contributed by atoms with Crippen molar-refractivity contribution < 1.29 is 32.5 Å². The molecule has 2 heterocycles. The predicted molar refractivity (Wildman–Crippen MR) is 120 cm³/mol. The van der Waals surface area contributed by atoms with Gasteiger partial charge in [-0.3, -0.25) is 9.69 Å². The van der Waals surface area contributed by atoms with Crippen LogP contribution in [0.1, 0.15) is 28.7 Å². The lowest BCUT2D eigenvalue weighted by atomic mass is 10.0. The minimum atomic E-state index is -4.44. The van der Waals surface area contributed by atoms with Crippen molar-refractivity contribution in [3.05, 3.63) is 64.2 Å². The van der Waals surface area contributed by atoms with Gasteiger partial charge in [0, 0.05) is 30.3 Å². The summed E-state index contributed by atoms with van der Waals surface area (Å²) in [5, 5.41) is 9.14. The number of rotatable bonds is 6. The van der Waals surface area contributed by atoms with Gasteiger partial charge in [-0.15, -0.1) is 12.4 Å². The van der Waals surface area contributed by atoms with Crippen molar-refractivity contribution >= 4 is 24.5 Å². The molecule has 5 nitrogen and oxygen atoms in total. The minimum absolute atomic E-state index is 0. The van der Waals surface area contributed by atoms with Gasteiger partial charge in [-0.25, -0.2) is 0 Å². The van der Waals surface area contributed by atoms with Crippen LogP contribution in [0, 0.1) is 12.8 Å². The van der Waals surface area contributed by atoms with E-state index in [4.69, 9.17) is 14.6 Å². The number of carboxylic acid groups (broad SMARTS) is 1. The molecule has 33 heavy (non-hydrogen) atoms. The molecule has 0 spiro atoms. The van der Waals surface area contributed by atoms with Crippen LogP contribution in [0.15, 0.2) is 42.0 Å². The summed E-state index contributed by atoms with van der Waals surface area (Å²) in [7, 11) is 0. The standard InChI is InChI=1S/C24H24F3NO4.ClH/c1-15-2-3-19(21(8-15)24(25,26)27)14-31-20-5-4-17-9-16(13-32-22(17)10-20)11-28-7-6-18(12-28)23(29)30;/h2-5,8-10,18H,6-7,11-14H2,1H3,(H,29,30);1H. The molecule has 2 aliphatic heterocycles. The highest BCUT2D eigenvalue weighted by atomic mass is 35.5. The number of likely N-dealkylation sites (tertiary alicyclic amines) is 1. The van der Waals surface area contributed by atoms with E-state index in [0.29, 0.717) is 43.2 Å². The molecule has 0 aliphatic carbocycles. The zero-order valence-corrected chi connectivity index (χ0v) is 18.8. The Morgan fingerprint density at radius 2 is 2.03 bits per heavy atom. The summed E-state index contributed by atoms with van der Waals surface area (Å²) in [6, 6.07) is 9.40. The van der Waals surface area contributed by atoms with Gasteiger partial charge in [0.05, 0.1) is 11.5 Å². The monoisotopic (exact) mass is 483 g/mol. The Hall–Kier alpha value is -2.71. The first-order valence-corrected chi connectivity index (χ1v) is 10.4. The van der Waals surface area contributed by atoms with Crippen LogP contribution < -0.4 is 9.47 Å². The van der Waals surface area contributed by atoms with Crippen LogP contribution >= 0.6 is 12.4 Å². The predicted octanol–water partition coefficient (Wildman–Crippen LogP) is 5.20. The van der Waals surface area contributed by atoms with Gasteiger partial charge in [0.2, 0.25) is 0 Å². The van der Waals surface area contributed by atoms with Crippen LogP contribution in [0.25, 0.3) is 6.08 Å². The van der Waals surface area contributed by atoms with E-state index in [1.54, 1.807) is 25.1 Å². The molecule has 2 aromatic rings. The van der Waals surface area contributed by atoms with Crippen molar-refractivity contribution in [2.24, 2.45) is 5.92 Å². The maximum absolute atomic E-state index is 13.3. The van der Waals surface area contributed by atoms with Crippen LogP contribution in [-0.2, 0) is 17.6 Å². The number of fused-ring (bicyclic) bond motifs is 1. The zero-order chi connectivity index (χ0) is 22.9. The third-order valence-corrected chi connectivity index (χ3v) is 5.77. The summed E-state index contributed by atoms with van der Waals surface area (Å²) in [6.07, 6.45) is -1.78. The van der Waals surface area contributed by atoms with Crippen LogP contribution in [0.5, 0.6) is 11.5 Å². The van der Waals surface area contributed by atoms with E-state index in [2.05, 4.69) is 4.90 Å². The van der Waals surface area contributed by atoms with Crippen molar-refractivity contribution in [1.82, 2.24) is 4.90 Å². The van der Waals surface area contributed by atoms with Crippen LogP contribution in [0.4, 0.5) is 13.2 Å². The highest BCUT2D eigenvalue weighted by molar-refractivity contribution is 5.85. The number of nitrogens with zero attached hydrogens (tertiary/aromatic N) is 1. The van der Waals surface area contributed by atoms with Crippen molar-refractivity contribution in [3.8, 4) is 11.5 Å². The SMILES string of the molecule is Cc1ccc(COc2ccc3c(c2)OCC(CN2CCC(C(=O)O)C2)=C3)c(C(F)(F)F)c1.Cl. The lowest BCUT2D eigenvalue weighted by Crippen LogP contribution is -2.27. The number of alkyl halides is 3. The molecule has 1 fully saturated rings. The van der Waals surface area contributed by atoms with E-state index >= 15 is 0 Å². The molecule has 4 rings (SSSR count). The van der Waals surface area contributed by atoms with Crippen molar-refractivity contribution in [2.75, 3.05) is 26.2 Å². The summed E-state index contributed by atoms with van der Waals surface area (Å²) in [5.74, 6) is -0.0417. The second-order valence-electron chi connectivity index (χ2n) is 8.30. The molecular weight excluding hydrogens is 459 g/mol. The lowest BCUT2D eigenvalue weighted by molar-refractivity contribution is -0.141. The second-order valence-corrected chi connectivity index (χ2v) is 8.30. The average Bonchev–Trinajstić information content (AvgIpc) is 3.21. The Morgan fingerprint density at radius 3 is 2.73 bits per heavy atom. The number of aryl methyl sites for hydroxylation is 1. The van der Waals surface area contributed by atoms with E-state index in [1.807, 2.05) is 12.1 Å². The third kappa shape index (κ3) is 6.00. The quantitative estimate of drug-likeness (QED) is 0.612. The number of aliphatic carboxylic acids is 1. The molecule has 1 atom stereocenters. The molecule has 178 valence electrons. The molecule has 9 heteroatoms. The third-order valence-electron chi connectivity index (χ3n) is 5.77. The summed E-state index contributed by atoms with van der Waals surface area (Å²) in [5.41, 5.74) is 1.84. The van der Waals surface area contributed by atoms with Crippen molar-refractivity contribution in [1.29, 1.82) is 0 Å². The van der Waals surface area contributed by atoms with E-state index in [0.717, 1.165) is 23.7 Å². The van der Waals surface area contributed by atoms with Gasteiger partial charge in [0.25, 0.3) is 0 Å². The average molecular weight is 484 g/mol. The van der Waals surface area contributed by atoms with Crippen LogP contribution in [0.3, 0.4) is 0 Å². The van der Waals surface area contributed by atoms with Crippen molar-refractivity contribution in [3.63, 3.8) is 0 Å². The Balaban J connectivity index is 0.00000306. The number of hydrogen-bond donors (Lipinski definition) is 1. The van der Waals surface area contributed by atoms with Crippen LogP contribution in [0.2, 0.25) is 0 Å². The van der Waals surface area contributed by atoms with E-state index in [9.17, 15) is 18.0 Å². The number of carbonyl (C=O) groups is 1. The molecule has 1 saturated heterocycles. The molecule has 0 bridgehead atoms. The van der Waals surface area contributed by atoms with Gasteiger partial charge >= 0.3 is 12.1 Å². The summed E-state index contributed by atoms with van der Waals surface area (Å²) in [4.78, 5) is 13.2. The first-order valence-electron chi connectivity index (χ1n) is 10.4. The first kappa shape index (κ1) is 24.9. The number of carboxylic acids is 1. The molecule has 1 N–H and O–H groups in total. The first-order chi connectivity index (χ1) is 15.2. The van der Waals surface area contributed by atoms with Gasteiger partial charge in [-0.2, -0.15) is 13.2 Å².